The monoisotopic (exact) mass is 267 g/mol. The number of aromatic nitrogens is 1. The Kier molecular flexibility index (Phi) is 6.38. The van der Waals surface area contributed by atoms with Gasteiger partial charge in [-0.2, -0.15) is 0 Å². The zero-order valence-corrected chi connectivity index (χ0v) is 12.7. The van der Waals surface area contributed by atoms with E-state index in [2.05, 4.69) is 42.9 Å². The Hall–Kier alpha value is -1.00. The molecule has 1 N–H and O–H groups in total. The fraction of sp³-hybridized carbons (Fsp3) is 0.667. The molecule has 3 nitrogen and oxygen atoms in total. The third-order valence-electron chi connectivity index (χ3n) is 3.61. The van der Waals surface area contributed by atoms with Crippen molar-refractivity contribution in [2.24, 2.45) is 5.92 Å². The summed E-state index contributed by atoms with van der Waals surface area (Å²) in [6, 6.07) is 3.91. The van der Waals surface area contributed by atoms with Crippen molar-refractivity contribution in [3.8, 4) is 0 Å². The summed E-state index contributed by atoms with van der Waals surface area (Å²) < 4.78 is 12.9. The molecule has 0 spiro atoms. The minimum absolute atomic E-state index is 0.147. The zero-order chi connectivity index (χ0) is 14.4. The summed E-state index contributed by atoms with van der Waals surface area (Å²) in [7, 11) is 1.93. The lowest BCUT2D eigenvalue weighted by Gasteiger charge is -2.31. The zero-order valence-electron chi connectivity index (χ0n) is 12.7. The molecule has 0 fully saturated rings. The Labute approximate surface area is 116 Å². The lowest BCUT2D eigenvalue weighted by atomic mass is 9.97. The Bertz CT molecular complexity index is 364. The quantitative estimate of drug-likeness (QED) is 0.823. The highest BCUT2D eigenvalue weighted by atomic mass is 19.1. The van der Waals surface area contributed by atoms with Crippen molar-refractivity contribution in [2.75, 3.05) is 20.1 Å². The van der Waals surface area contributed by atoms with Gasteiger partial charge in [0.2, 0.25) is 0 Å². The van der Waals surface area contributed by atoms with Crippen molar-refractivity contribution in [3.63, 3.8) is 0 Å². The molecular weight excluding hydrogens is 241 g/mol. The summed E-state index contributed by atoms with van der Waals surface area (Å²) in [5, 5.41) is 3.29. The van der Waals surface area contributed by atoms with Crippen LogP contribution in [0.5, 0.6) is 0 Å². The van der Waals surface area contributed by atoms with Crippen molar-refractivity contribution in [1.29, 1.82) is 0 Å². The van der Waals surface area contributed by atoms with Crippen LogP contribution in [-0.4, -0.2) is 36.1 Å². The standard InChI is InChI=1S/C15H26FN3/c1-6-19(11(2)3)10-12(4)15(17-5)14-8-7-13(16)9-18-14/h7-9,11-12,15,17H,6,10H2,1-5H3. The van der Waals surface area contributed by atoms with E-state index in [1.54, 1.807) is 6.07 Å². The van der Waals surface area contributed by atoms with E-state index >= 15 is 0 Å². The van der Waals surface area contributed by atoms with Gasteiger partial charge in [0, 0.05) is 12.6 Å². The second-order valence-electron chi connectivity index (χ2n) is 5.33. The van der Waals surface area contributed by atoms with E-state index in [9.17, 15) is 4.39 Å². The van der Waals surface area contributed by atoms with Crippen LogP contribution in [0.3, 0.4) is 0 Å². The van der Waals surface area contributed by atoms with Crippen LogP contribution in [0.4, 0.5) is 4.39 Å². The summed E-state index contributed by atoms with van der Waals surface area (Å²) in [5.74, 6) is 0.119. The van der Waals surface area contributed by atoms with Gasteiger partial charge in [-0.05, 0) is 45.5 Å². The van der Waals surface area contributed by atoms with Crippen LogP contribution in [0.25, 0.3) is 0 Å². The average Bonchev–Trinajstić information content (AvgIpc) is 2.38. The Balaban J connectivity index is 2.76. The van der Waals surface area contributed by atoms with Crippen molar-refractivity contribution in [3.05, 3.63) is 29.8 Å². The number of hydrogen-bond acceptors (Lipinski definition) is 3. The van der Waals surface area contributed by atoms with Gasteiger partial charge >= 0.3 is 0 Å². The van der Waals surface area contributed by atoms with Crippen LogP contribution >= 0.6 is 0 Å². The van der Waals surface area contributed by atoms with Gasteiger partial charge in [0.1, 0.15) is 5.82 Å². The average molecular weight is 267 g/mol. The summed E-state index contributed by atoms with van der Waals surface area (Å²) >= 11 is 0. The highest BCUT2D eigenvalue weighted by Gasteiger charge is 2.21. The maximum atomic E-state index is 12.9. The van der Waals surface area contributed by atoms with Gasteiger partial charge in [0.25, 0.3) is 0 Å². The number of nitrogens with one attached hydrogen (secondary N) is 1. The second kappa shape index (κ2) is 7.56. The molecule has 0 radical (unpaired) electrons. The van der Waals surface area contributed by atoms with Gasteiger partial charge in [-0.1, -0.05) is 13.8 Å². The third kappa shape index (κ3) is 4.55. The number of nitrogens with zero attached hydrogens (tertiary/aromatic N) is 2. The molecule has 0 amide bonds. The lowest BCUT2D eigenvalue weighted by Crippen LogP contribution is -2.38. The number of rotatable bonds is 7. The van der Waals surface area contributed by atoms with Crippen LogP contribution in [0.15, 0.2) is 18.3 Å². The molecule has 0 aromatic carbocycles. The Morgan fingerprint density at radius 2 is 2.00 bits per heavy atom. The molecule has 0 bridgehead atoms. The fourth-order valence-corrected chi connectivity index (χ4v) is 2.48. The van der Waals surface area contributed by atoms with Crippen LogP contribution < -0.4 is 5.32 Å². The number of pyridine rings is 1. The highest BCUT2D eigenvalue weighted by Crippen LogP contribution is 2.21. The topological polar surface area (TPSA) is 28.2 Å². The molecule has 0 aliphatic carbocycles. The predicted octanol–water partition coefficient (Wildman–Crippen LogP) is 2.85. The second-order valence-corrected chi connectivity index (χ2v) is 5.33. The predicted molar refractivity (Wildman–Crippen MR) is 77.5 cm³/mol. The maximum Gasteiger partial charge on any atom is 0.141 e. The van der Waals surface area contributed by atoms with E-state index in [4.69, 9.17) is 0 Å². The van der Waals surface area contributed by atoms with Crippen molar-refractivity contribution in [1.82, 2.24) is 15.2 Å². The molecule has 2 atom stereocenters. The lowest BCUT2D eigenvalue weighted by molar-refractivity contribution is 0.183. The molecule has 0 saturated carbocycles. The molecule has 1 heterocycles. The van der Waals surface area contributed by atoms with Crippen molar-refractivity contribution < 1.29 is 4.39 Å². The summed E-state index contributed by atoms with van der Waals surface area (Å²) in [6.45, 7) is 10.8. The van der Waals surface area contributed by atoms with Crippen LogP contribution in [0.1, 0.15) is 39.4 Å². The highest BCUT2D eigenvalue weighted by molar-refractivity contribution is 5.10. The van der Waals surface area contributed by atoms with Gasteiger partial charge in [0.05, 0.1) is 17.9 Å². The van der Waals surface area contributed by atoms with Gasteiger partial charge < -0.3 is 10.2 Å². The number of halogens is 1. The number of hydrogen-bond donors (Lipinski definition) is 1. The van der Waals surface area contributed by atoms with Gasteiger partial charge in [0.15, 0.2) is 0 Å². The molecule has 1 aromatic rings. The first-order valence-corrected chi connectivity index (χ1v) is 7.02. The van der Waals surface area contributed by atoms with Crippen molar-refractivity contribution >= 4 is 0 Å². The van der Waals surface area contributed by atoms with Crippen molar-refractivity contribution in [2.45, 2.75) is 39.8 Å². The molecule has 1 aromatic heterocycles. The van der Waals surface area contributed by atoms with Crippen LogP contribution in [0, 0.1) is 11.7 Å². The third-order valence-corrected chi connectivity index (χ3v) is 3.61. The minimum Gasteiger partial charge on any atom is -0.311 e. The normalized spacial score (nSPS) is 14.9. The molecule has 0 aliphatic heterocycles. The SMILES string of the molecule is CCN(CC(C)C(NC)c1ccc(F)cn1)C(C)C. The van der Waals surface area contributed by atoms with E-state index in [0.717, 1.165) is 18.8 Å². The minimum atomic E-state index is -0.288. The molecule has 4 heteroatoms. The smallest absolute Gasteiger partial charge is 0.141 e. The summed E-state index contributed by atoms with van der Waals surface area (Å²) in [4.78, 5) is 6.62. The summed E-state index contributed by atoms with van der Waals surface area (Å²) in [5.41, 5.74) is 0.899. The first-order chi connectivity index (χ1) is 8.99. The molecule has 108 valence electrons. The van der Waals surface area contributed by atoms with Crippen LogP contribution in [0.2, 0.25) is 0 Å². The molecular formula is C15H26FN3. The first kappa shape index (κ1) is 16.1. The van der Waals surface area contributed by atoms with Gasteiger partial charge in [-0.15, -0.1) is 0 Å². The molecule has 0 saturated heterocycles. The first-order valence-electron chi connectivity index (χ1n) is 7.02. The van der Waals surface area contributed by atoms with Gasteiger partial charge in [-0.25, -0.2) is 4.39 Å². The Morgan fingerprint density at radius 1 is 1.32 bits per heavy atom. The van der Waals surface area contributed by atoms with E-state index < -0.39 is 0 Å². The summed E-state index contributed by atoms with van der Waals surface area (Å²) in [6.07, 6.45) is 1.28. The maximum absolute atomic E-state index is 12.9. The largest absolute Gasteiger partial charge is 0.311 e. The van der Waals surface area contributed by atoms with E-state index in [1.807, 2.05) is 7.05 Å². The molecule has 1 rings (SSSR count). The fourth-order valence-electron chi connectivity index (χ4n) is 2.48. The molecule has 2 unspecified atom stereocenters. The van der Waals surface area contributed by atoms with E-state index in [1.165, 1.54) is 12.3 Å². The molecule has 0 aliphatic rings. The molecule has 19 heavy (non-hydrogen) atoms. The van der Waals surface area contributed by atoms with Crippen LogP contribution in [-0.2, 0) is 0 Å². The van der Waals surface area contributed by atoms with Gasteiger partial charge in [-0.3, -0.25) is 4.98 Å². The van der Waals surface area contributed by atoms with E-state index in [-0.39, 0.29) is 11.9 Å². The van der Waals surface area contributed by atoms with E-state index in [0.29, 0.717) is 12.0 Å². The Morgan fingerprint density at radius 3 is 2.42 bits per heavy atom.